The fourth-order valence-corrected chi connectivity index (χ4v) is 1.62. The molecule has 0 aromatic carbocycles. The maximum absolute atomic E-state index is 11.1. The van der Waals surface area contributed by atoms with Crippen LogP contribution in [-0.2, 0) is 19.2 Å². The lowest BCUT2D eigenvalue weighted by molar-refractivity contribution is -0.119. The fraction of sp³-hybridized carbons (Fsp3) is 0.692. The van der Waals surface area contributed by atoms with Gasteiger partial charge in [0.05, 0.1) is 0 Å². The highest BCUT2D eigenvalue weighted by Gasteiger charge is 2.31. The number of carbonyl (C=O) groups excluding carboxylic acids is 4. The van der Waals surface area contributed by atoms with Gasteiger partial charge < -0.3 is 21.3 Å². The molecule has 0 heterocycles. The molecule has 0 aliphatic heterocycles. The van der Waals surface area contributed by atoms with Crippen molar-refractivity contribution in [2.75, 3.05) is 26.2 Å². The molecule has 0 unspecified atom stereocenters. The molecule has 0 aromatic heterocycles. The normalized spacial score (nSPS) is 10.5. The van der Waals surface area contributed by atoms with E-state index in [0.29, 0.717) is 0 Å². The van der Waals surface area contributed by atoms with Crippen LogP contribution in [0.4, 0.5) is 0 Å². The van der Waals surface area contributed by atoms with Gasteiger partial charge in [-0.1, -0.05) is 0 Å². The second-order valence-corrected chi connectivity index (χ2v) is 5.14. The first kappa shape index (κ1) is 18.9. The first-order valence-corrected chi connectivity index (χ1v) is 6.64. The van der Waals surface area contributed by atoms with Gasteiger partial charge in [-0.05, 0) is 0 Å². The average molecular weight is 300 g/mol. The number of hydrogen-bond donors (Lipinski definition) is 4. The largest absolute Gasteiger partial charge is 0.356 e. The molecule has 4 N–H and O–H groups in total. The van der Waals surface area contributed by atoms with Crippen molar-refractivity contribution in [1.29, 1.82) is 0 Å². The van der Waals surface area contributed by atoms with Gasteiger partial charge in [-0.3, -0.25) is 19.2 Å². The topological polar surface area (TPSA) is 116 Å². The lowest BCUT2D eigenvalue weighted by atomic mass is 9.87. The van der Waals surface area contributed by atoms with E-state index in [0.717, 1.165) is 0 Å². The number of carbonyl (C=O) groups is 4. The van der Waals surface area contributed by atoms with Crippen LogP contribution in [0, 0.1) is 5.41 Å². The third-order valence-electron chi connectivity index (χ3n) is 2.85. The van der Waals surface area contributed by atoms with E-state index in [-0.39, 0.29) is 49.8 Å². The van der Waals surface area contributed by atoms with Crippen molar-refractivity contribution in [1.82, 2.24) is 21.3 Å². The molecule has 0 saturated heterocycles. The van der Waals surface area contributed by atoms with Gasteiger partial charge in [0.15, 0.2) is 0 Å². The Kier molecular flexibility index (Phi) is 8.03. The summed E-state index contributed by atoms with van der Waals surface area (Å²) >= 11 is 0. The molecule has 0 aromatic rings. The molecule has 0 atom stereocenters. The standard InChI is InChI=1S/C13H24N4O4/c1-9(18)14-5-13(6-15-10(2)19,7-16-11(3)20)8-17-12(4)21/h5-8H2,1-4H3,(H,14,18)(H,15,19)(H,16,20)(H,17,21). The average Bonchev–Trinajstić information content (AvgIpc) is 2.36. The Hall–Kier alpha value is -2.12. The van der Waals surface area contributed by atoms with Gasteiger partial charge in [-0.2, -0.15) is 0 Å². The Balaban J connectivity index is 5.02. The first-order chi connectivity index (χ1) is 9.67. The van der Waals surface area contributed by atoms with E-state index in [4.69, 9.17) is 0 Å². The number of rotatable bonds is 8. The second kappa shape index (κ2) is 8.93. The van der Waals surface area contributed by atoms with Crippen molar-refractivity contribution in [2.45, 2.75) is 27.7 Å². The number of amides is 4. The Labute approximate surface area is 124 Å². The van der Waals surface area contributed by atoms with Crippen molar-refractivity contribution < 1.29 is 19.2 Å². The highest BCUT2D eigenvalue weighted by atomic mass is 16.2. The zero-order valence-electron chi connectivity index (χ0n) is 13.0. The van der Waals surface area contributed by atoms with Crippen LogP contribution in [0.1, 0.15) is 27.7 Å². The minimum Gasteiger partial charge on any atom is -0.356 e. The van der Waals surface area contributed by atoms with E-state index < -0.39 is 5.41 Å². The quantitative estimate of drug-likeness (QED) is 0.437. The van der Waals surface area contributed by atoms with Crippen LogP contribution in [-0.4, -0.2) is 49.8 Å². The van der Waals surface area contributed by atoms with E-state index in [1.807, 2.05) is 0 Å². The second-order valence-electron chi connectivity index (χ2n) is 5.14. The molecule has 0 aliphatic carbocycles. The SMILES string of the molecule is CC(=O)NCC(CNC(C)=O)(CNC(C)=O)CNC(C)=O. The van der Waals surface area contributed by atoms with Gasteiger partial charge in [-0.25, -0.2) is 0 Å². The maximum atomic E-state index is 11.1. The molecule has 0 bridgehead atoms. The summed E-state index contributed by atoms with van der Waals surface area (Å²) in [5, 5.41) is 10.7. The van der Waals surface area contributed by atoms with Gasteiger partial charge in [-0.15, -0.1) is 0 Å². The first-order valence-electron chi connectivity index (χ1n) is 6.64. The monoisotopic (exact) mass is 300 g/mol. The van der Waals surface area contributed by atoms with Gasteiger partial charge in [0, 0.05) is 59.3 Å². The summed E-state index contributed by atoms with van der Waals surface area (Å²) in [5.74, 6) is -0.915. The lowest BCUT2D eigenvalue weighted by Gasteiger charge is -2.34. The molecule has 0 fully saturated rings. The molecule has 0 rings (SSSR count). The minimum absolute atomic E-state index is 0.211. The molecule has 4 amide bonds. The Morgan fingerprint density at radius 3 is 0.905 bits per heavy atom. The number of hydrogen-bond acceptors (Lipinski definition) is 4. The number of nitrogens with one attached hydrogen (secondary N) is 4. The summed E-state index contributed by atoms with van der Waals surface area (Å²) in [6.07, 6.45) is 0. The fourth-order valence-electron chi connectivity index (χ4n) is 1.62. The van der Waals surface area contributed by atoms with Crippen molar-refractivity contribution >= 4 is 23.6 Å². The zero-order valence-corrected chi connectivity index (χ0v) is 13.0. The molecule has 120 valence electrons. The predicted molar refractivity (Wildman–Crippen MR) is 77.2 cm³/mol. The lowest BCUT2D eigenvalue weighted by Crippen LogP contribution is -2.56. The maximum Gasteiger partial charge on any atom is 0.216 e. The highest BCUT2D eigenvalue weighted by molar-refractivity contribution is 5.75. The van der Waals surface area contributed by atoms with E-state index in [9.17, 15) is 19.2 Å². The predicted octanol–water partition coefficient (Wildman–Crippen LogP) is -1.48. The van der Waals surface area contributed by atoms with Gasteiger partial charge in [0.25, 0.3) is 0 Å². The molecule has 0 saturated carbocycles. The summed E-state index contributed by atoms with van der Waals surface area (Å²) in [6, 6.07) is 0. The molecular weight excluding hydrogens is 276 g/mol. The molecular formula is C13H24N4O4. The van der Waals surface area contributed by atoms with Gasteiger partial charge >= 0.3 is 0 Å². The smallest absolute Gasteiger partial charge is 0.216 e. The summed E-state index contributed by atoms with van der Waals surface area (Å²) in [6.45, 7) is 6.35. The van der Waals surface area contributed by atoms with Crippen molar-refractivity contribution in [2.24, 2.45) is 5.41 Å². The van der Waals surface area contributed by atoms with E-state index in [1.54, 1.807) is 0 Å². The van der Waals surface area contributed by atoms with Crippen molar-refractivity contribution in [3.05, 3.63) is 0 Å². The van der Waals surface area contributed by atoms with Crippen molar-refractivity contribution in [3.63, 3.8) is 0 Å². The van der Waals surface area contributed by atoms with Crippen LogP contribution < -0.4 is 21.3 Å². The Morgan fingerprint density at radius 2 is 0.762 bits per heavy atom. The van der Waals surface area contributed by atoms with Gasteiger partial charge in [0.1, 0.15) is 0 Å². The van der Waals surface area contributed by atoms with Crippen molar-refractivity contribution in [3.8, 4) is 0 Å². The van der Waals surface area contributed by atoms with E-state index in [2.05, 4.69) is 21.3 Å². The Morgan fingerprint density at radius 1 is 0.571 bits per heavy atom. The molecule has 0 aliphatic rings. The third kappa shape index (κ3) is 9.42. The van der Waals surface area contributed by atoms with Crippen LogP contribution in [0.2, 0.25) is 0 Å². The summed E-state index contributed by atoms with van der Waals surface area (Å²) in [4.78, 5) is 44.5. The molecule has 0 spiro atoms. The minimum atomic E-state index is -0.700. The van der Waals surface area contributed by atoms with Crippen LogP contribution >= 0.6 is 0 Å². The molecule has 8 heteroatoms. The van der Waals surface area contributed by atoms with E-state index in [1.165, 1.54) is 27.7 Å². The molecule has 0 radical (unpaired) electrons. The molecule has 8 nitrogen and oxygen atoms in total. The zero-order chi connectivity index (χ0) is 16.5. The van der Waals surface area contributed by atoms with Crippen LogP contribution in [0.3, 0.4) is 0 Å². The molecule has 21 heavy (non-hydrogen) atoms. The van der Waals surface area contributed by atoms with E-state index >= 15 is 0 Å². The summed E-state index contributed by atoms with van der Waals surface area (Å²) in [5.41, 5.74) is -0.700. The third-order valence-corrected chi connectivity index (χ3v) is 2.85. The van der Waals surface area contributed by atoms with Gasteiger partial charge in [0.2, 0.25) is 23.6 Å². The van der Waals surface area contributed by atoms with Crippen LogP contribution in [0.15, 0.2) is 0 Å². The van der Waals surface area contributed by atoms with Crippen LogP contribution in [0.5, 0.6) is 0 Å². The van der Waals surface area contributed by atoms with Crippen LogP contribution in [0.25, 0.3) is 0 Å². The summed E-state index contributed by atoms with van der Waals surface area (Å²) < 4.78 is 0. The Bertz CT molecular complexity index is 331. The summed E-state index contributed by atoms with van der Waals surface area (Å²) in [7, 11) is 0. The highest BCUT2D eigenvalue weighted by Crippen LogP contribution is 2.13.